The van der Waals surface area contributed by atoms with Crippen LogP contribution >= 0.6 is 0 Å². The highest BCUT2D eigenvalue weighted by Gasteiger charge is 2.14. The number of hydrogen-bond donors (Lipinski definition) is 0. The molecule has 0 spiro atoms. The molecule has 0 saturated heterocycles. The third-order valence-electron chi connectivity index (χ3n) is 4.18. The van der Waals surface area contributed by atoms with E-state index in [4.69, 9.17) is 4.74 Å². The van der Waals surface area contributed by atoms with Crippen molar-refractivity contribution in [2.45, 2.75) is 0 Å². The van der Waals surface area contributed by atoms with Crippen LogP contribution in [0.25, 0.3) is 21.9 Å². The van der Waals surface area contributed by atoms with Gasteiger partial charge in [0.25, 0.3) is 0 Å². The van der Waals surface area contributed by atoms with Crippen molar-refractivity contribution in [3.63, 3.8) is 0 Å². The standard InChI is InChI=1S/C23H16O2/c24-23(21-15-8-12-17-11-4-5-13-19(17)21)25-22-16-7-6-14-20(22)18-9-2-1-3-10-18/h1-16H. The predicted octanol–water partition coefficient (Wildman–Crippen LogP) is 5.73. The average molecular weight is 324 g/mol. The van der Waals surface area contributed by atoms with Crippen LogP contribution in [-0.4, -0.2) is 5.97 Å². The van der Waals surface area contributed by atoms with E-state index in [1.165, 1.54) is 0 Å². The molecule has 0 saturated carbocycles. The van der Waals surface area contributed by atoms with Gasteiger partial charge in [-0.15, -0.1) is 0 Å². The monoisotopic (exact) mass is 324 g/mol. The molecule has 2 heteroatoms. The molecular weight excluding hydrogens is 308 g/mol. The lowest BCUT2D eigenvalue weighted by Gasteiger charge is -2.11. The van der Waals surface area contributed by atoms with Gasteiger partial charge in [0, 0.05) is 5.56 Å². The molecule has 0 bridgehead atoms. The molecule has 0 unspecified atom stereocenters. The fraction of sp³-hybridized carbons (Fsp3) is 0. The molecular formula is C23H16O2. The summed E-state index contributed by atoms with van der Waals surface area (Å²) in [6.07, 6.45) is 0. The largest absolute Gasteiger partial charge is 0.422 e. The highest BCUT2D eigenvalue weighted by Crippen LogP contribution is 2.30. The second-order valence-corrected chi connectivity index (χ2v) is 5.78. The zero-order chi connectivity index (χ0) is 17.1. The molecule has 0 N–H and O–H groups in total. The third kappa shape index (κ3) is 3.02. The quantitative estimate of drug-likeness (QED) is 0.355. The fourth-order valence-corrected chi connectivity index (χ4v) is 2.97. The average Bonchev–Trinajstić information content (AvgIpc) is 2.68. The Morgan fingerprint density at radius 2 is 1.32 bits per heavy atom. The smallest absolute Gasteiger partial charge is 0.344 e. The number of ether oxygens (including phenoxy) is 1. The molecule has 0 fully saturated rings. The normalized spacial score (nSPS) is 10.6. The van der Waals surface area contributed by atoms with Gasteiger partial charge < -0.3 is 4.74 Å². The van der Waals surface area contributed by atoms with E-state index < -0.39 is 0 Å². The van der Waals surface area contributed by atoms with Gasteiger partial charge in [-0.1, -0.05) is 84.9 Å². The van der Waals surface area contributed by atoms with Gasteiger partial charge in [-0.2, -0.15) is 0 Å². The molecule has 0 aromatic heterocycles. The first-order valence-electron chi connectivity index (χ1n) is 8.17. The van der Waals surface area contributed by atoms with Gasteiger partial charge in [-0.05, 0) is 28.5 Å². The summed E-state index contributed by atoms with van der Waals surface area (Å²) in [4.78, 5) is 12.8. The summed E-state index contributed by atoms with van der Waals surface area (Å²) < 4.78 is 5.76. The Kier molecular flexibility index (Phi) is 4.01. The molecule has 0 amide bonds. The van der Waals surface area contributed by atoms with Crippen molar-refractivity contribution in [1.82, 2.24) is 0 Å². The number of hydrogen-bond acceptors (Lipinski definition) is 2. The van der Waals surface area contributed by atoms with E-state index in [1.807, 2.05) is 91.0 Å². The van der Waals surface area contributed by atoms with Crippen LogP contribution in [-0.2, 0) is 0 Å². The van der Waals surface area contributed by atoms with Gasteiger partial charge in [0.2, 0.25) is 0 Å². The lowest BCUT2D eigenvalue weighted by atomic mass is 10.0. The Balaban J connectivity index is 1.72. The van der Waals surface area contributed by atoms with E-state index in [-0.39, 0.29) is 5.97 Å². The van der Waals surface area contributed by atoms with Gasteiger partial charge in [-0.3, -0.25) is 0 Å². The maximum atomic E-state index is 12.8. The molecule has 0 radical (unpaired) electrons. The van der Waals surface area contributed by atoms with Gasteiger partial charge >= 0.3 is 5.97 Å². The molecule has 2 nitrogen and oxygen atoms in total. The van der Waals surface area contributed by atoms with Gasteiger partial charge in [0.15, 0.2) is 0 Å². The van der Waals surface area contributed by atoms with Crippen LogP contribution in [0.2, 0.25) is 0 Å². The van der Waals surface area contributed by atoms with E-state index >= 15 is 0 Å². The van der Waals surface area contributed by atoms with Crippen LogP contribution in [0.15, 0.2) is 97.1 Å². The number of para-hydroxylation sites is 1. The van der Waals surface area contributed by atoms with Gasteiger partial charge in [-0.25, -0.2) is 4.79 Å². The number of benzene rings is 4. The summed E-state index contributed by atoms with van der Waals surface area (Å²) >= 11 is 0. The summed E-state index contributed by atoms with van der Waals surface area (Å²) in [7, 11) is 0. The van der Waals surface area contributed by atoms with Crippen LogP contribution in [0.3, 0.4) is 0 Å². The Morgan fingerprint density at radius 3 is 2.20 bits per heavy atom. The van der Waals surface area contributed by atoms with Crippen LogP contribution in [0.5, 0.6) is 5.75 Å². The van der Waals surface area contributed by atoms with Crippen molar-refractivity contribution in [3.05, 3.63) is 103 Å². The molecule has 0 aliphatic carbocycles. The van der Waals surface area contributed by atoms with Crippen LogP contribution < -0.4 is 4.74 Å². The second kappa shape index (κ2) is 6.62. The lowest BCUT2D eigenvalue weighted by molar-refractivity contribution is 0.0737. The van der Waals surface area contributed by atoms with E-state index in [0.717, 1.165) is 21.9 Å². The van der Waals surface area contributed by atoms with E-state index in [2.05, 4.69) is 0 Å². The SMILES string of the molecule is O=C(Oc1ccccc1-c1ccccc1)c1cccc2ccccc12. The summed E-state index contributed by atoms with van der Waals surface area (Å²) in [5.74, 6) is 0.215. The van der Waals surface area contributed by atoms with Crippen LogP contribution in [0.1, 0.15) is 10.4 Å². The van der Waals surface area contributed by atoms with Crippen LogP contribution in [0.4, 0.5) is 0 Å². The van der Waals surface area contributed by atoms with Crippen molar-refractivity contribution in [1.29, 1.82) is 0 Å². The zero-order valence-electron chi connectivity index (χ0n) is 13.6. The van der Waals surface area contributed by atoms with Crippen molar-refractivity contribution in [2.75, 3.05) is 0 Å². The zero-order valence-corrected chi connectivity index (χ0v) is 13.6. The minimum absolute atomic E-state index is 0.347. The second-order valence-electron chi connectivity index (χ2n) is 5.78. The molecule has 0 atom stereocenters. The molecule has 4 aromatic rings. The molecule has 25 heavy (non-hydrogen) atoms. The summed E-state index contributed by atoms with van der Waals surface area (Å²) in [6, 6.07) is 31.0. The summed E-state index contributed by atoms with van der Waals surface area (Å²) in [6.45, 7) is 0. The molecule has 4 rings (SSSR count). The predicted molar refractivity (Wildman–Crippen MR) is 101 cm³/mol. The number of rotatable bonds is 3. The topological polar surface area (TPSA) is 26.3 Å². The summed E-state index contributed by atoms with van der Waals surface area (Å²) in [5.41, 5.74) is 2.49. The minimum atomic E-state index is -0.347. The number of carbonyl (C=O) groups excluding carboxylic acids is 1. The fourth-order valence-electron chi connectivity index (χ4n) is 2.97. The first kappa shape index (κ1) is 15.2. The molecule has 0 aliphatic rings. The van der Waals surface area contributed by atoms with Crippen molar-refractivity contribution in [2.24, 2.45) is 0 Å². The van der Waals surface area contributed by atoms with Crippen molar-refractivity contribution in [3.8, 4) is 16.9 Å². The maximum Gasteiger partial charge on any atom is 0.344 e. The molecule has 0 heterocycles. The van der Waals surface area contributed by atoms with Gasteiger partial charge in [0.05, 0.1) is 5.56 Å². The lowest BCUT2D eigenvalue weighted by Crippen LogP contribution is -2.09. The molecule has 0 aliphatic heterocycles. The highest BCUT2D eigenvalue weighted by molar-refractivity contribution is 6.05. The third-order valence-corrected chi connectivity index (χ3v) is 4.18. The summed E-state index contributed by atoms with van der Waals surface area (Å²) in [5, 5.41) is 1.92. The van der Waals surface area contributed by atoms with E-state index in [0.29, 0.717) is 11.3 Å². The number of esters is 1. The van der Waals surface area contributed by atoms with E-state index in [9.17, 15) is 4.79 Å². The minimum Gasteiger partial charge on any atom is -0.422 e. The Morgan fingerprint density at radius 1 is 0.640 bits per heavy atom. The molecule has 4 aromatic carbocycles. The first-order valence-corrected chi connectivity index (χ1v) is 8.17. The Hall–Kier alpha value is -3.39. The number of fused-ring (bicyclic) bond motifs is 1. The highest BCUT2D eigenvalue weighted by atomic mass is 16.5. The van der Waals surface area contributed by atoms with Gasteiger partial charge in [0.1, 0.15) is 5.75 Å². The van der Waals surface area contributed by atoms with Crippen molar-refractivity contribution >= 4 is 16.7 Å². The first-order chi connectivity index (χ1) is 12.3. The van der Waals surface area contributed by atoms with Crippen LogP contribution in [0, 0.1) is 0 Å². The maximum absolute atomic E-state index is 12.8. The van der Waals surface area contributed by atoms with Crippen molar-refractivity contribution < 1.29 is 9.53 Å². The Labute approximate surface area is 146 Å². The molecule has 120 valence electrons. The Bertz CT molecular complexity index is 1030. The number of carbonyl (C=O) groups is 1. The van der Waals surface area contributed by atoms with E-state index in [1.54, 1.807) is 6.07 Å².